The van der Waals surface area contributed by atoms with E-state index in [2.05, 4.69) is 10.3 Å². The number of carbonyl (C=O) groups excluding carboxylic acids is 2. The molecule has 1 aromatic heterocycles. The number of hydrogen-bond acceptors (Lipinski definition) is 6. The van der Waals surface area contributed by atoms with E-state index in [0.717, 1.165) is 16.6 Å². The maximum Gasteiger partial charge on any atom is 0.316 e. The molecule has 0 aliphatic carbocycles. The van der Waals surface area contributed by atoms with Crippen molar-refractivity contribution in [3.8, 4) is 5.75 Å². The Morgan fingerprint density at radius 1 is 1.03 bits per heavy atom. The topological polar surface area (TPSA) is 82.4 Å². The van der Waals surface area contributed by atoms with Crippen molar-refractivity contribution in [1.29, 1.82) is 0 Å². The summed E-state index contributed by atoms with van der Waals surface area (Å²) in [5.41, 5.74) is 3.37. The minimum Gasteiger partial charge on any atom is -0.495 e. The van der Waals surface area contributed by atoms with E-state index in [1.165, 1.54) is 18.9 Å². The van der Waals surface area contributed by atoms with E-state index >= 15 is 0 Å². The third kappa shape index (κ3) is 5.89. The Morgan fingerprint density at radius 2 is 1.76 bits per heavy atom. The second kappa shape index (κ2) is 11.1. The first kappa shape index (κ1) is 23.7. The summed E-state index contributed by atoms with van der Waals surface area (Å²) in [4.78, 5) is 29.2. The highest BCUT2D eigenvalue weighted by Crippen LogP contribution is 2.26. The lowest BCUT2D eigenvalue weighted by atomic mass is 10.2. The van der Waals surface area contributed by atoms with Gasteiger partial charge in [-0.05, 0) is 42.0 Å². The van der Waals surface area contributed by atoms with Gasteiger partial charge in [0.2, 0.25) is 0 Å². The largest absolute Gasteiger partial charge is 0.495 e. The van der Waals surface area contributed by atoms with Gasteiger partial charge in [0.25, 0.3) is 5.91 Å². The van der Waals surface area contributed by atoms with Gasteiger partial charge in [-0.2, -0.15) is 0 Å². The molecular formula is C25H22ClN3O4S. The zero-order valence-corrected chi connectivity index (χ0v) is 19.9. The number of nitrogens with zero attached hydrogens (tertiary/aromatic N) is 2. The van der Waals surface area contributed by atoms with Crippen LogP contribution in [0.25, 0.3) is 11.0 Å². The summed E-state index contributed by atoms with van der Waals surface area (Å²) < 4.78 is 12.4. The number of fused-ring (bicyclic) bond motifs is 1. The molecule has 0 saturated carbocycles. The molecule has 4 aromatic rings. The Balaban J connectivity index is 1.37. The van der Waals surface area contributed by atoms with E-state index in [-0.39, 0.29) is 5.75 Å². The van der Waals surface area contributed by atoms with Crippen LogP contribution in [0.5, 0.6) is 5.75 Å². The third-order valence-electron chi connectivity index (χ3n) is 4.94. The highest BCUT2D eigenvalue weighted by Gasteiger charge is 2.15. The van der Waals surface area contributed by atoms with E-state index in [9.17, 15) is 9.59 Å². The van der Waals surface area contributed by atoms with Crippen molar-refractivity contribution in [2.24, 2.45) is 0 Å². The number of imidazole rings is 1. The van der Waals surface area contributed by atoms with Crippen LogP contribution in [0, 0.1) is 0 Å². The summed E-state index contributed by atoms with van der Waals surface area (Å²) in [7, 11) is 1.52. The molecule has 174 valence electrons. The molecule has 7 nitrogen and oxygen atoms in total. The van der Waals surface area contributed by atoms with Crippen molar-refractivity contribution in [2.75, 3.05) is 24.8 Å². The quantitative estimate of drug-likeness (QED) is 0.259. The second-order valence-corrected chi connectivity index (χ2v) is 8.67. The van der Waals surface area contributed by atoms with Crippen molar-refractivity contribution >= 4 is 52.0 Å². The SMILES string of the molecule is COc1ccccc1NC(=O)COC(=O)CSc1nc2ccccc2n1Cc1ccc(Cl)cc1. The summed E-state index contributed by atoms with van der Waals surface area (Å²) in [5, 5.41) is 4.03. The number of halogens is 1. The maximum atomic E-state index is 12.3. The average Bonchev–Trinajstić information content (AvgIpc) is 3.20. The Hall–Kier alpha value is -3.49. The van der Waals surface area contributed by atoms with Crippen molar-refractivity contribution < 1.29 is 19.1 Å². The molecule has 3 aromatic carbocycles. The molecule has 9 heteroatoms. The Morgan fingerprint density at radius 3 is 2.56 bits per heavy atom. The van der Waals surface area contributed by atoms with Gasteiger partial charge in [-0.1, -0.05) is 59.8 Å². The number of rotatable bonds is 9. The van der Waals surface area contributed by atoms with Gasteiger partial charge in [-0.25, -0.2) is 4.98 Å². The number of methoxy groups -OCH3 is 1. The lowest BCUT2D eigenvalue weighted by Gasteiger charge is -2.11. The van der Waals surface area contributed by atoms with Crippen LogP contribution in [0.2, 0.25) is 5.02 Å². The smallest absolute Gasteiger partial charge is 0.316 e. The van der Waals surface area contributed by atoms with Crippen LogP contribution >= 0.6 is 23.4 Å². The summed E-state index contributed by atoms with van der Waals surface area (Å²) >= 11 is 7.27. The predicted molar refractivity (Wildman–Crippen MR) is 134 cm³/mol. The molecule has 0 fully saturated rings. The summed E-state index contributed by atoms with van der Waals surface area (Å²) in [6.45, 7) is 0.189. The second-order valence-electron chi connectivity index (χ2n) is 7.29. The third-order valence-corrected chi connectivity index (χ3v) is 6.14. The van der Waals surface area contributed by atoms with Crippen molar-refractivity contribution in [3.63, 3.8) is 0 Å². The van der Waals surface area contributed by atoms with E-state index in [4.69, 9.17) is 21.1 Å². The number of aromatic nitrogens is 2. The molecular weight excluding hydrogens is 474 g/mol. The fourth-order valence-corrected chi connectivity index (χ4v) is 4.27. The molecule has 0 aliphatic rings. The van der Waals surface area contributed by atoms with Gasteiger partial charge in [0.05, 0.1) is 36.1 Å². The molecule has 0 spiro atoms. The lowest BCUT2D eigenvalue weighted by molar-refractivity contribution is -0.144. The van der Waals surface area contributed by atoms with Crippen LogP contribution in [0.1, 0.15) is 5.56 Å². The number of anilines is 1. The number of nitrogens with one attached hydrogen (secondary N) is 1. The van der Waals surface area contributed by atoms with Crippen LogP contribution in [0.3, 0.4) is 0 Å². The van der Waals surface area contributed by atoms with Gasteiger partial charge in [-0.15, -0.1) is 0 Å². The van der Waals surface area contributed by atoms with E-state index in [0.29, 0.717) is 28.2 Å². The Kier molecular flexibility index (Phi) is 7.72. The fourth-order valence-electron chi connectivity index (χ4n) is 3.33. The van der Waals surface area contributed by atoms with Gasteiger partial charge in [-0.3, -0.25) is 9.59 Å². The molecule has 0 unspecified atom stereocenters. The van der Waals surface area contributed by atoms with Crippen LogP contribution < -0.4 is 10.1 Å². The van der Waals surface area contributed by atoms with Crippen LogP contribution in [-0.4, -0.2) is 40.9 Å². The predicted octanol–water partition coefficient (Wildman–Crippen LogP) is 5.02. The average molecular weight is 496 g/mol. The monoisotopic (exact) mass is 495 g/mol. The molecule has 0 aliphatic heterocycles. The first-order valence-corrected chi connectivity index (χ1v) is 11.8. The zero-order valence-electron chi connectivity index (χ0n) is 18.4. The fraction of sp³-hybridized carbons (Fsp3) is 0.160. The molecule has 0 bridgehead atoms. The number of para-hydroxylation sites is 4. The van der Waals surface area contributed by atoms with Gasteiger partial charge in [0.1, 0.15) is 5.75 Å². The summed E-state index contributed by atoms with van der Waals surface area (Å²) in [6.07, 6.45) is 0. The minimum absolute atomic E-state index is 0.0197. The van der Waals surface area contributed by atoms with Gasteiger partial charge in [0, 0.05) is 5.02 Å². The van der Waals surface area contributed by atoms with Crippen LogP contribution in [-0.2, 0) is 20.9 Å². The standard InChI is InChI=1S/C25H22ClN3O4S/c1-32-22-9-5-3-7-20(22)27-23(30)15-33-24(31)16-34-25-28-19-6-2-4-8-21(19)29(25)14-17-10-12-18(26)13-11-17/h2-13H,14-16H2,1H3,(H,27,30). The number of hydrogen-bond donors (Lipinski definition) is 1. The molecule has 0 radical (unpaired) electrons. The Labute approximate surface area is 206 Å². The van der Waals surface area contributed by atoms with Gasteiger partial charge in [0.15, 0.2) is 11.8 Å². The molecule has 34 heavy (non-hydrogen) atoms. The van der Waals surface area contributed by atoms with E-state index in [1.54, 1.807) is 24.3 Å². The molecule has 1 heterocycles. The number of amides is 1. The van der Waals surface area contributed by atoms with Crippen molar-refractivity contribution in [1.82, 2.24) is 9.55 Å². The number of carbonyl (C=O) groups is 2. The van der Waals surface area contributed by atoms with E-state index < -0.39 is 18.5 Å². The van der Waals surface area contributed by atoms with Crippen molar-refractivity contribution in [3.05, 3.63) is 83.4 Å². The maximum absolute atomic E-state index is 12.3. The van der Waals surface area contributed by atoms with Gasteiger partial charge < -0.3 is 19.4 Å². The highest BCUT2D eigenvalue weighted by atomic mass is 35.5. The summed E-state index contributed by atoms with van der Waals surface area (Å²) in [6, 6.07) is 22.4. The number of esters is 1. The van der Waals surface area contributed by atoms with Gasteiger partial charge >= 0.3 is 5.97 Å². The minimum atomic E-state index is -0.509. The molecule has 4 rings (SSSR count). The molecule has 0 saturated heterocycles. The highest BCUT2D eigenvalue weighted by molar-refractivity contribution is 7.99. The first-order chi connectivity index (χ1) is 16.5. The lowest BCUT2D eigenvalue weighted by Crippen LogP contribution is -2.22. The number of ether oxygens (including phenoxy) is 2. The van der Waals surface area contributed by atoms with Crippen LogP contribution in [0.15, 0.2) is 78.0 Å². The number of benzene rings is 3. The van der Waals surface area contributed by atoms with Crippen LogP contribution in [0.4, 0.5) is 5.69 Å². The summed E-state index contributed by atoms with van der Waals surface area (Å²) in [5.74, 6) is -0.410. The number of thioether (sulfide) groups is 1. The normalized spacial score (nSPS) is 10.8. The van der Waals surface area contributed by atoms with E-state index in [1.807, 2.05) is 53.1 Å². The molecule has 1 amide bonds. The molecule has 0 atom stereocenters. The van der Waals surface area contributed by atoms with Crippen molar-refractivity contribution in [2.45, 2.75) is 11.7 Å². The molecule has 1 N–H and O–H groups in total. The Bertz CT molecular complexity index is 1310. The first-order valence-electron chi connectivity index (χ1n) is 10.4. The zero-order chi connectivity index (χ0) is 23.9.